The molecule has 0 spiro atoms. The molecule has 1 N–H and O–H groups in total. The van der Waals surface area contributed by atoms with E-state index in [2.05, 4.69) is 24.1 Å². The summed E-state index contributed by atoms with van der Waals surface area (Å²) in [4.78, 5) is 0. The highest BCUT2D eigenvalue weighted by Gasteiger charge is 2.28. The van der Waals surface area contributed by atoms with Crippen LogP contribution < -0.4 is 5.32 Å². The number of nitrogens with one attached hydrogen (secondary N) is 1. The van der Waals surface area contributed by atoms with Gasteiger partial charge in [-0.2, -0.15) is 11.8 Å². The van der Waals surface area contributed by atoms with Gasteiger partial charge in [-0.15, -0.1) is 0 Å². The summed E-state index contributed by atoms with van der Waals surface area (Å²) in [6.45, 7) is 1.89. The van der Waals surface area contributed by atoms with Crippen LogP contribution in [0.4, 0.5) is 0 Å². The maximum Gasteiger partial charge on any atom is 0.0600 e. The highest BCUT2D eigenvalue weighted by molar-refractivity contribution is 8.00. The van der Waals surface area contributed by atoms with Crippen molar-refractivity contribution in [3.63, 3.8) is 0 Å². The summed E-state index contributed by atoms with van der Waals surface area (Å²) in [7, 11) is 2.09. The number of rotatable bonds is 3. The van der Waals surface area contributed by atoms with Gasteiger partial charge >= 0.3 is 0 Å². The van der Waals surface area contributed by atoms with E-state index in [4.69, 9.17) is 4.74 Å². The molecule has 2 rings (SSSR count). The molecule has 88 valence electrons. The minimum absolute atomic E-state index is 0.672. The van der Waals surface area contributed by atoms with E-state index in [1.165, 1.54) is 38.5 Å². The highest BCUT2D eigenvalue weighted by Crippen LogP contribution is 2.33. The Morgan fingerprint density at radius 2 is 1.93 bits per heavy atom. The second-order valence-electron chi connectivity index (χ2n) is 4.69. The molecule has 2 fully saturated rings. The maximum atomic E-state index is 5.59. The Balaban J connectivity index is 1.79. The molecule has 1 heterocycles. The molecule has 3 heteroatoms. The lowest BCUT2D eigenvalue weighted by Gasteiger charge is -2.34. The summed E-state index contributed by atoms with van der Waals surface area (Å²) in [6, 6.07) is 0.672. The molecule has 2 unspecified atom stereocenters. The van der Waals surface area contributed by atoms with Crippen LogP contribution in [0.25, 0.3) is 0 Å². The molecule has 1 aliphatic carbocycles. The Morgan fingerprint density at radius 3 is 2.67 bits per heavy atom. The average molecular weight is 229 g/mol. The van der Waals surface area contributed by atoms with Crippen LogP contribution in [-0.4, -0.2) is 36.8 Å². The van der Waals surface area contributed by atoms with Crippen LogP contribution >= 0.6 is 11.8 Å². The van der Waals surface area contributed by atoms with E-state index in [-0.39, 0.29) is 0 Å². The summed E-state index contributed by atoms with van der Waals surface area (Å²) < 4.78 is 5.59. The summed E-state index contributed by atoms with van der Waals surface area (Å²) in [5, 5.41) is 5.03. The first-order chi connectivity index (χ1) is 7.40. The molecule has 1 aliphatic heterocycles. The van der Waals surface area contributed by atoms with Gasteiger partial charge in [0.05, 0.1) is 6.61 Å². The lowest BCUT2D eigenvalue weighted by Crippen LogP contribution is -2.44. The Hall–Kier alpha value is 0.270. The van der Waals surface area contributed by atoms with Gasteiger partial charge in [0.15, 0.2) is 0 Å². The van der Waals surface area contributed by atoms with Crippen molar-refractivity contribution in [1.82, 2.24) is 5.32 Å². The summed E-state index contributed by atoms with van der Waals surface area (Å²) in [5.41, 5.74) is 0. The Labute approximate surface area is 97.5 Å². The van der Waals surface area contributed by atoms with Crippen LogP contribution in [0, 0.1) is 0 Å². The zero-order valence-electron chi connectivity index (χ0n) is 9.71. The first-order valence-corrected chi connectivity index (χ1v) is 7.25. The monoisotopic (exact) mass is 229 g/mol. The molecule has 0 bridgehead atoms. The zero-order chi connectivity index (χ0) is 10.5. The second-order valence-corrected chi connectivity index (χ2v) is 6.24. The van der Waals surface area contributed by atoms with Crippen LogP contribution in [0.5, 0.6) is 0 Å². The van der Waals surface area contributed by atoms with Gasteiger partial charge in [-0.25, -0.2) is 0 Å². The lowest BCUT2D eigenvalue weighted by atomic mass is 10.0. The minimum atomic E-state index is 0.672. The average Bonchev–Trinajstić information content (AvgIpc) is 2.31. The molecule has 1 saturated heterocycles. The molecule has 0 aromatic rings. The second kappa shape index (κ2) is 6.12. The summed E-state index contributed by atoms with van der Waals surface area (Å²) in [5.74, 6) is 0. The van der Waals surface area contributed by atoms with E-state index < -0.39 is 0 Å². The molecule has 0 aromatic heterocycles. The van der Waals surface area contributed by atoms with Gasteiger partial charge in [-0.3, -0.25) is 0 Å². The van der Waals surface area contributed by atoms with Crippen LogP contribution in [0.1, 0.15) is 38.5 Å². The summed E-state index contributed by atoms with van der Waals surface area (Å²) in [6.07, 6.45) is 8.37. The number of ether oxygens (including phenoxy) is 1. The fourth-order valence-electron chi connectivity index (χ4n) is 2.62. The number of thioether (sulfide) groups is 1. The van der Waals surface area contributed by atoms with Gasteiger partial charge in [-0.05, 0) is 26.3 Å². The first-order valence-electron chi connectivity index (χ1n) is 6.30. The third-order valence-electron chi connectivity index (χ3n) is 3.59. The number of hydrogen-bond acceptors (Lipinski definition) is 3. The van der Waals surface area contributed by atoms with Gasteiger partial charge in [0.2, 0.25) is 0 Å². The molecular formula is C12H23NOS. The quantitative estimate of drug-likeness (QED) is 0.803. The van der Waals surface area contributed by atoms with Crippen molar-refractivity contribution in [2.45, 2.75) is 55.1 Å². The number of hydrogen-bond donors (Lipinski definition) is 1. The zero-order valence-corrected chi connectivity index (χ0v) is 10.5. The smallest absolute Gasteiger partial charge is 0.0600 e. The molecule has 0 radical (unpaired) electrons. The molecule has 0 amide bonds. The third kappa shape index (κ3) is 3.36. The van der Waals surface area contributed by atoms with Gasteiger partial charge in [0.25, 0.3) is 0 Å². The van der Waals surface area contributed by atoms with E-state index >= 15 is 0 Å². The standard InChI is InChI=1S/C12H23NOS/c1-13-11-7-8-14-9-12(11)15-10-5-3-2-4-6-10/h10-13H,2-9H2,1H3. The summed E-state index contributed by atoms with van der Waals surface area (Å²) >= 11 is 2.19. The normalized spacial score (nSPS) is 34.2. The van der Waals surface area contributed by atoms with Crippen molar-refractivity contribution in [2.24, 2.45) is 0 Å². The van der Waals surface area contributed by atoms with Crippen LogP contribution in [0.3, 0.4) is 0 Å². The van der Waals surface area contributed by atoms with Crippen molar-refractivity contribution in [3.8, 4) is 0 Å². The van der Waals surface area contributed by atoms with Gasteiger partial charge < -0.3 is 10.1 Å². The van der Waals surface area contributed by atoms with Gasteiger partial charge in [0, 0.05) is 23.1 Å². The SMILES string of the molecule is CNC1CCOCC1SC1CCCCC1. The third-order valence-corrected chi connectivity index (χ3v) is 5.26. The fourth-order valence-corrected chi connectivity index (χ4v) is 4.36. The van der Waals surface area contributed by atoms with Crippen molar-refractivity contribution < 1.29 is 4.74 Å². The highest BCUT2D eigenvalue weighted by atomic mass is 32.2. The molecule has 0 aromatic carbocycles. The topological polar surface area (TPSA) is 21.3 Å². The predicted molar refractivity (Wildman–Crippen MR) is 66.5 cm³/mol. The van der Waals surface area contributed by atoms with E-state index in [0.29, 0.717) is 11.3 Å². The lowest BCUT2D eigenvalue weighted by molar-refractivity contribution is 0.0848. The van der Waals surface area contributed by atoms with Crippen molar-refractivity contribution >= 4 is 11.8 Å². The molecule has 15 heavy (non-hydrogen) atoms. The van der Waals surface area contributed by atoms with Gasteiger partial charge in [0.1, 0.15) is 0 Å². The first kappa shape index (κ1) is 11.7. The minimum Gasteiger partial charge on any atom is -0.380 e. The Morgan fingerprint density at radius 1 is 1.13 bits per heavy atom. The largest absolute Gasteiger partial charge is 0.380 e. The Bertz CT molecular complexity index is 182. The van der Waals surface area contributed by atoms with Crippen molar-refractivity contribution in [1.29, 1.82) is 0 Å². The van der Waals surface area contributed by atoms with Crippen LogP contribution in [-0.2, 0) is 4.74 Å². The maximum absolute atomic E-state index is 5.59. The Kier molecular flexibility index (Phi) is 4.79. The van der Waals surface area contributed by atoms with Gasteiger partial charge in [-0.1, -0.05) is 19.3 Å². The fraction of sp³-hybridized carbons (Fsp3) is 1.00. The molecular weight excluding hydrogens is 206 g/mol. The molecule has 2 aliphatic rings. The van der Waals surface area contributed by atoms with E-state index in [1.54, 1.807) is 0 Å². The van der Waals surface area contributed by atoms with Crippen molar-refractivity contribution in [2.75, 3.05) is 20.3 Å². The molecule has 2 atom stereocenters. The molecule has 1 saturated carbocycles. The van der Waals surface area contributed by atoms with E-state index in [0.717, 1.165) is 18.5 Å². The van der Waals surface area contributed by atoms with Crippen LogP contribution in [0.15, 0.2) is 0 Å². The van der Waals surface area contributed by atoms with E-state index in [1.807, 2.05) is 0 Å². The predicted octanol–water partition coefficient (Wildman–Crippen LogP) is 2.43. The van der Waals surface area contributed by atoms with Crippen molar-refractivity contribution in [3.05, 3.63) is 0 Å². The van der Waals surface area contributed by atoms with E-state index in [9.17, 15) is 0 Å². The molecule has 2 nitrogen and oxygen atoms in total. The van der Waals surface area contributed by atoms with Crippen LogP contribution in [0.2, 0.25) is 0 Å².